The number of nitrogens with zero attached hydrogens (tertiary/aromatic N) is 3. The Morgan fingerprint density at radius 1 is 0.960 bits per heavy atom. The van der Waals surface area contributed by atoms with E-state index in [9.17, 15) is 0 Å². The summed E-state index contributed by atoms with van der Waals surface area (Å²) in [5.74, 6) is 3.41. The molecule has 0 aliphatic heterocycles. The summed E-state index contributed by atoms with van der Waals surface area (Å²) in [6, 6.07) is 17.7. The Kier molecular flexibility index (Phi) is 5.95. The van der Waals surface area contributed by atoms with Gasteiger partial charge in [-0.2, -0.15) is 0 Å². The van der Waals surface area contributed by atoms with E-state index in [4.69, 9.17) is 9.47 Å². The van der Waals surface area contributed by atoms with Crippen LogP contribution in [0.25, 0.3) is 11.4 Å². The zero-order valence-corrected chi connectivity index (χ0v) is 15.2. The Bertz CT molecular complexity index is 788. The fraction of sp³-hybridized carbons (Fsp3) is 0.263. The second kappa shape index (κ2) is 8.58. The summed E-state index contributed by atoms with van der Waals surface area (Å²) in [5, 5.41) is 9.61. The summed E-state index contributed by atoms with van der Waals surface area (Å²) in [5.41, 5.74) is 1.03. The topological polar surface area (TPSA) is 49.2 Å². The SMILES string of the molecule is CCn1c(SCCOc2ccccc2)nnc1-c1ccc(OC)cc1. The molecule has 2 aromatic carbocycles. The van der Waals surface area contributed by atoms with Crippen LogP contribution in [-0.2, 0) is 6.54 Å². The van der Waals surface area contributed by atoms with E-state index in [1.165, 1.54) is 0 Å². The highest BCUT2D eigenvalue weighted by Gasteiger charge is 2.13. The van der Waals surface area contributed by atoms with Gasteiger partial charge in [0.15, 0.2) is 11.0 Å². The molecular formula is C19H21N3O2S. The van der Waals surface area contributed by atoms with E-state index in [1.54, 1.807) is 18.9 Å². The Morgan fingerprint density at radius 3 is 2.40 bits per heavy atom. The van der Waals surface area contributed by atoms with Crippen LogP contribution in [0.5, 0.6) is 11.5 Å². The quantitative estimate of drug-likeness (QED) is 0.449. The van der Waals surface area contributed by atoms with Crippen molar-refractivity contribution in [1.82, 2.24) is 14.8 Å². The van der Waals surface area contributed by atoms with E-state index < -0.39 is 0 Å². The summed E-state index contributed by atoms with van der Waals surface area (Å²) in [6.45, 7) is 3.54. The number of hydrogen-bond acceptors (Lipinski definition) is 5. The van der Waals surface area contributed by atoms with Crippen LogP contribution >= 0.6 is 11.8 Å². The Balaban J connectivity index is 1.63. The minimum absolute atomic E-state index is 0.628. The standard InChI is InChI=1S/C19H21N3O2S/c1-3-22-18(15-9-11-16(23-2)12-10-15)20-21-19(22)25-14-13-24-17-7-5-4-6-8-17/h4-12H,3,13-14H2,1-2H3. The van der Waals surface area contributed by atoms with Crippen LogP contribution in [0.1, 0.15) is 6.92 Å². The van der Waals surface area contributed by atoms with Gasteiger partial charge in [0.2, 0.25) is 0 Å². The van der Waals surface area contributed by atoms with E-state index in [2.05, 4.69) is 21.7 Å². The molecular weight excluding hydrogens is 334 g/mol. The van der Waals surface area contributed by atoms with Crippen molar-refractivity contribution in [2.45, 2.75) is 18.6 Å². The molecule has 0 saturated carbocycles. The maximum absolute atomic E-state index is 5.73. The first-order valence-electron chi connectivity index (χ1n) is 8.20. The first-order valence-corrected chi connectivity index (χ1v) is 9.18. The fourth-order valence-corrected chi connectivity index (χ4v) is 3.26. The van der Waals surface area contributed by atoms with Gasteiger partial charge < -0.3 is 14.0 Å². The molecule has 5 nitrogen and oxygen atoms in total. The third-order valence-corrected chi connectivity index (χ3v) is 4.64. The zero-order valence-electron chi connectivity index (χ0n) is 14.4. The number of para-hydroxylation sites is 1. The third kappa shape index (κ3) is 4.33. The predicted molar refractivity (Wildman–Crippen MR) is 100 cm³/mol. The van der Waals surface area contributed by atoms with Crippen LogP contribution in [-0.4, -0.2) is 34.2 Å². The minimum atomic E-state index is 0.628. The lowest BCUT2D eigenvalue weighted by molar-refractivity contribution is 0.344. The molecule has 0 unspecified atom stereocenters. The van der Waals surface area contributed by atoms with Crippen LogP contribution in [0, 0.1) is 0 Å². The zero-order chi connectivity index (χ0) is 17.5. The lowest BCUT2D eigenvalue weighted by atomic mass is 10.2. The van der Waals surface area contributed by atoms with Crippen molar-refractivity contribution in [3.8, 4) is 22.9 Å². The van der Waals surface area contributed by atoms with Gasteiger partial charge >= 0.3 is 0 Å². The van der Waals surface area contributed by atoms with Crippen molar-refractivity contribution in [2.75, 3.05) is 19.5 Å². The van der Waals surface area contributed by atoms with Crippen molar-refractivity contribution in [2.24, 2.45) is 0 Å². The summed E-state index contributed by atoms with van der Waals surface area (Å²) in [4.78, 5) is 0. The molecule has 0 saturated heterocycles. The van der Waals surface area contributed by atoms with E-state index >= 15 is 0 Å². The number of methoxy groups -OCH3 is 1. The van der Waals surface area contributed by atoms with Gasteiger partial charge in [0.1, 0.15) is 11.5 Å². The maximum atomic E-state index is 5.73. The molecule has 0 fully saturated rings. The predicted octanol–water partition coefficient (Wildman–Crippen LogP) is 4.14. The molecule has 3 aromatic rings. The number of thioether (sulfide) groups is 1. The number of aromatic nitrogens is 3. The first kappa shape index (κ1) is 17.4. The molecule has 0 N–H and O–H groups in total. The van der Waals surface area contributed by atoms with Gasteiger partial charge in [-0.05, 0) is 43.3 Å². The summed E-state index contributed by atoms with van der Waals surface area (Å²) >= 11 is 1.65. The smallest absolute Gasteiger partial charge is 0.191 e. The Labute approximate surface area is 152 Å². The highest BCUT2D eigenvalue weighted by molar-refractivity contribution is 7.99. The summed E-state index contributed by atoms with van der Waals surface area (Å²) in [6.07, 6.45) is 0. The van der Waals surface area contributed by atoms with Crippen molar-refractivity contribution < 1.29 is 9.47 Å². The van der Waals surface area contributed by atoms with Gasteiger partial charge in [0, 0.05) is 17.9 Å². The van der Waals surface area contributed by atoms with Gasteiger partial charge in [0.05, 0.1) is 13.7 Å². The molecule has 25 heavy (non-hydrogen) atoms. The van der Waals surface area contributed by atoms with Crippen LogP contribution in [0.15, 0.2) is 59.8 Å². The number of ether oxygens (including phenoxy) is 2. The number of benzene rings is 2. The molecule has 0 spiro atoms. The molecule has 3 rings (SSSR count). The molecule has 1 aromatic heterocycles. The normalized spacial score (nSPS) is 10.6. The molecule has 6 heteroatoms. The molecule has 130 valence electrons. The minimum Gasteiger partial charge on any atom is -0.497 e. The molecule has 0 amide bonds. The highest BCUT2D eigenvalue weighted by Crippen LogP contribution is 2.25. The maximum Gasteiger partial charge on any atom is 0.191 e. The molecule has 0 bridgehead atoms. The van der Waals surface area contributed by atoms with Crippen molar-refractivity contribution >= 4 is 11.8 Å². The number of hydrogen-bond donors (Lipinski definition) is 0. The average molecular weight is 355 g/mol. The molecule has 0 radical (unpaired) electrons. The third-order valence-electron chi connectivity index (χ3n) is 3.71. The molecule has 0 aliphatic rings. The van der Waals surface area contributed by atoms with Crippen molar-refractivity contribution in [3.05, 3.63) is 54.6 Å². The van der Waals surface area contributed by atoms with Crippen LogP contribution in [0.2, 0.25) is 0 Å². The first-order chi connectivity index (χ1) is 12.3. The highest BCUT2D eigenvalue weighted by atomic mass is 32.2. The summed E-state index contributed by atoms with van der Waals surface area (Å²) in [7, 11) is 1.66. The van der Waals surface area contributed by atoms with Gasteiger partial charge in [-0.25, -0.2) is 0 Å². The van der Waals surface area contributed by atoms with Crippen LogP contribution in [0.3, 0.4) is 0 Å². The lowest BCUT2D eigenvalue weighted by Gasteiger charge is -2.08. The lowest BCUT2D eigenvalue weighted by Crippen LogP contribution is -2.03. The van der Waals surface area contributed by atoms with E-state index in [0.717, 1.165) is 40.3 Å². The average Bonchev–Trinajstić information content (AvgIpc) is 3.09. The molecule has 1 heterocycles. The van der Waals surface area contributed by atoms with Crippen molar-refractivity contribution in [3.63, 3.8) is 0 Å². The number of rotatable bonds is 8. The second-order valence-electron chi connectivity index (χ2n) is 5.29. The van der Waals surface area contributed by atoms with Gasteiger partial charge in [-0.15, -0.1) is 10.2 Å². The Hall–Kier alpha value is -2.47. The monoisotopic (exact) mass is 355 g/mol. The van der Waals surface area contributed by atoms with Gasteiger partial charge in [0.25, 0.3) is 0 Å². The van der Waals surface area contributed by atoms with E-state index in [1.807, 2.05) is 54.6 Å². The van der Waals surface area contributed by atoms with E-state index in [-0.39, 0.29) is 0 Å². The summed E-state index contributed by atoms with van der Waals surface area (Å²) < 4.78 is 13.1. The van der Waals surface area contributed by atoms with E-state index in [0.29, 0.717) is 6.61 Å². The van der Waals surface area contributed by atoms with Crippen LogP contribution < -0.4 is 9.47 Å². The van der Waals surface area contributed by atoms with Crippen LogP contribution in [0.4, 0.5) is 0 Å². The fourth-order valence-electron chi connectivity index (χ4n) is 2.44. The second-order valence-corrected chi connectivity index (χ2v) is 6.35. The Morgan fingerprint density at radius 2 is 1.72 bits per heavy atom. The largest absolute Gasteiger partial charge is 0.497 e. The van der Waals surface area contributed by atoms with Gasteiger partial charge in [-0.3, -0.25) is 0 Å². The molecule has 0 atom stereocenters. The molecule has 0 aliphatic carbocycles. The van der Waals surface area contributed by atoms with Crippen molar-refractivity contribution in [1.29, 1.82) is 0 Å². The van der Waals surface area contributed by atoms with Gasteiger partial charge in [-0.1, -0.05) is 30.0 Å².